The van der Waals surface area contributed by atoms with Crippen molar-refractivity contribution in [1.29, 1.82) is 0 Å². The molecule has 0 aliphatic carbocycles. The van der Waals surface area contributed by atoms with Crippen LogP contribution >= 0.6 is 0 Å². The lowest BCUT2D eigenvalue weighted by atomic mass is 10.2. The molecule has 0 aliphatic rings. The van der Waals surface area contributed by atoms with Crippen molar-refractivity contribution in [2.75, 3.05) is 7.11 Å². The van der Waals surface area contributed by atoms with Gasteiger partial charge >= 0.3 is 5.97 Å². The van der Waals surface area contributed by atoms with Crippen LogP contribution in [0.15, 0.2) is 42.7 Å². The largest absolute Gasteiger partial charge is 0.472 e. The second-order valence-electron chi connectivity index (χ2n) is 3.51. The van der Waals surface area contributed by atoms with Crippen LogP contribution in [0, 0.1) is 0 Å². The van der Waals surface area contributed by atoms with Crippen LogP contribution in [0.5, 0.6) is 5.88 Å². The lowest BCUT2D eigenvalue weighted by Gasteiger charge is -2.05. The van der Waals surface area contributed by atoms with E-state index in [2.05, 4.69) is 14.7 Å². The number of rotatable bonds is 4. The number of benzene rings is 1. The van der Waals surface area contributed by atoms with E-state index in [0.29, 0.717) is 12.5 Å². The highest BCUT2D eigenvalue weighted by Gasteiger charge is 2.07. The summed E-state index contributed by atoms with van der Waals surface area (Å²) in [5, 5.41) is 0. The van der Waals surface area contributed by atoms with E-state index in [-0.39, 0.29) is 5.69 Å². The molecule has 0 saturated heterocycles. The molecule has 0 atom stereocenters. The smallest absolute Gasteiger partial charge is 0.358 e. The topological polar surface area (TPSA) is 61.3 Å². The van der Waals surface area contributed by atoms with Gasteiger partial charge in [-0.2, -0.15) is 0 Å². The Morgan fingerprint density at radius 2 is 1.94 bits per heavy atom. The van der Waals surface area contributed by atoms with Gasteiger partial charge in [-0.25, -0.2) is 14.8 Å². The molecule has 0 spiro atoms. The van der Waals surface area contributed by atoms with Crippen LogP contribution in [0.2, 0.25) is 0 Å². The number of hydrogen-bond acceptors (Lipinski definition) is 5. The van der Waals surface area contributed by atoms with Crippen molar-refractivity contribution < 1.29 is 14.3 Å². The van der Waals surface area contributed by atoms with Gasteiger partial charge in [0.05, 0.1) is 19.5 Å². The average Bonchev–Trinajstić information content (AvgIpc) is 2.46. The fraction of sp³-hybridized carbons (Fsp3) is 0.154. The van der Waals surface area contributed by atoms with Gasteiger partial charge in [-0.1, -0.05) is 30.3 Å². The third-order valence-electron chi connectivity index (χ3n) is 2.25. The second-order valence-corrected chi connectivity index (χ2v) is 3.51. The van der Waals surface area contributed by atoms with Crippen molar-refractivity contribution >= 4 is 5.97 Å². The summed E-state index contributed by atoms with van der Waals surface area (Å²) in [4.78, 5) is 19.0. The molecule has 1 heterocycles. The Morgan fingerprint density at radius 3 is 2.56 bits per heavy atom. The molecule has 0 amide bonds. The van der Waals surface area contributed by atoms with Crippen molar-refractivity contribution in [2.45, 2.75) is 6.61 Å². The molecule has 0 unspecified atom stereocenters. The molecular formula is C13H12N2O3. The van der Waals surface area contributed by atoms with E-state index < -0.39 is 5.97 Å². The average molecular weight is 244 g/mol. The summed E-state index contributed by atoms with van der Waals surface area (Å²) in [6.45, 7) is 0.410. The summed E-state index contributed by atoms with van der Waals surface area (Å²) in [5.41, 5.74) is 1.20. The van der Waals surface area contributed by atoms with E-state index >= 15 is 0 Å². The van der Waals surface area contributed by atoms with E-state index in [1.165, 1.54) is 19.5 Å². The quantitative estimate of drug-likeness (QED) is 0.768. The summed E-state index contributed by atoms with van der Waals surface area (Å²) in [6.07, 6.45) is 2.72. The van der Waals surface area contributed by atoms with Crippen molar-refractivity contribution in [3.63, 3.8) is 0 Å². The number of aromatic nitrogens is 2. The van der Waals surface area contributed by atoms with Crippen LogP contribution < -0.4 is 4.74 Å². The molecule has 92 valence electrons. The Bertz CT molecular complexity index is 512. The zero-order chi connectivity index (χ0) is 12.8. The highest BCUT2D eigenvalue weighted by atomic mass is 16.5. The van der Waals surface area contributed by atoms with Gasteiger partial charge in [-0.3, -0.25) is 0 Å². The maximum Gasteiger partial charge on any atom is 0.358 e. The number of nitrogens with zero attached hydrogens (tertiary/aromatic N) is 2. The van der Waals surface area contributed by atoms with E-state index in [1.807, 2.05) is 30.3 Å². The second kappa shape index (κ2) is 5.77. The van der Waals surface area contributed by atoms with Crippen LogP contribution in [0.25, 0.3) is 0 Å². The van der Waals surface area contributed by atoms with Gasteiger partial charge in [0.2, 0.25) is 5.88 Å². The van der Waals surface area contributed by atoms with Crippen molar-refractivity contribution in [3.8, 4) is 5.88 Å². The van der Waals surface area contributed by atoms with Crippen LogP contribution in [-0.2, 0) is 11.3 Å². The molecule has 0 bridgehead atoms. The first-order valence-corrected chi connectivity index (χ1v) is 5.36. The van der Waals surface area contributed by atoms with E-state index in [1.54, 1.807) is 0 Å². The molecule has 0 aliphatic heterocycles. The lowest BCUT2D eigenvalue weighted by molar-refractivity contribution is 0.0593. The van der Waals surface area contributed by atoms with Gasteiger partial charge in [0.1, 0.15) is 6.61 Å². The molecule has 1 aromatic heterocycles. The highest BCUT2D eigenvalue weighted by Crippen LogP contribution is 2.08. The minimum absolute atomic E-state index is 0.157. The lowest BCUT2D eigenvalue weighted by Crippen LogP contribution is -2.05. The third-order valence-corrected chi connectivity index (χ3v) is 2.25. The summed E-state index contributed by atoms with van der Waals surface area (Å²) in [6, 6.07) is 9.72. The number of esters is 1. The molecule has 0 saturated carbocycles. The summed E-state index contributed by atoms with van der Waals surface area (Å²) in [7, 11) is 1.30. The molecule has 0 fully saturated rings. The van der Waals surface area contributed by atoms with Gasteiger partial charge in [0.25, 0.3) is 0 Å². The van der Waals surface area contributed by atoms with Gasteiger partial charge < -0.3 is 9.47 Å². The van der Waals surface area contributed by atoms with Crippen LogP contribution in [-0.4, -0.2) is 23.0 Å². The number of ether oxygens (including phenoxy) is 2. The van der Waals surface area contributed by atoms with Crippen LogP contribution in [0.3, 0.4) is 0 Å². The first kappa shape index (κ1) is 12.0. The normalized spacial score (nSPS) is 9.83. The molecular weight excluding hydrogens is 232 g/mol. The number of hydrogen-bond donors (Lipinski definition) is 0. The first-order chi connectivity index (χ1) is 8.79. The zero-order valence-corrected chi connectivity index (χ0v) is 9.87. The standard InChI is InChI=1S/C13H12N2O3/c1-17-13(16)11-7-15-12(8-14-11)18-9-10-5-3-2-4-6-10/h2-8H,9H2,1H3. The van der Waals surface area contributed by atoms with E-state index in [4.69, 9.17) is 4.74 Å². The third kappa shape index (κ3) is 3.04. The molecule has 5 nitrogen and oxygen atoms in total. The molecule has 0 N–H and O–H groups in total. The van der Waals surface area contributed by atoms with Crippen molar-refractivity contribution in [3.05, 3.63) is 54.0 Å². The zero-order valence-electron chi connectivity index (χ0n) is 9.87. The highest BCUT2D eigenvalue weighted by molar-refractivity contribution is 5.86. The van der Waals surface area contributed by atoms with Gasteiger partial charge in [-0.15, -0.1) is 0 Å². The Kier molecular flexibility index (Phi) is 3.86. The minimum Gasteiger partial charge on any atom is -0.472 e. The summed E-state index contributed by atoms with van der Waals surface area (Å²) >= 11 is 0. The molecule has 5 heteroatoms. The number of carbonyl (C=O) groups excluding carboxylic acids is 1. The Morgan fingerprint density at radius 1 is 1.17 bits per heavy atom. The van der Waals surface area contributed by atoms with E-state index in [9.17, 15) is 4.79 Å². The maximum absolute atomic E-state index is 11.1. The predicted molar refractivity (Wildman–Crippen MR) is 64.1 cm³/mol. The van der Waals surface area contributed by atoms with Gasteiger partial charge in [-0.05, 0) is 5.56 Å². The van der Waals surface area contributed by atoms with E-state index in [0.717, 1.165) is 5.56 Å². The summed E-state index contributed by atoms with van der Waals surface area (Å²) < 4.78 is 9.96. The molecule has 18 heavy (non-hydrogen) atoms. The minimum atomic E-state index is -0.517. The van der Waals surface area contributed by atoms with Crippen LogP contribution in [0.1, 0.15) is 16.1 Å². The van der Waals surface area contributed by atoms with Crippen molar-refractivity contribution in [2.24, 2.45) is 0 Å². The Hall–Kier alpha value is -2.43. The maximum atomic E-state index is 11.1. The fourth-order valence-electron chi connectivity index (χ4n) is 1.33. The Balaban J connectivity index is 1.97. The number of carbonyl (C=O) groups is 1. The molecule has 2 rings (SSSR count). The molecule has 1 aromatic carbocycles. The SMILES string of the molecule is COC(=O)c1cnc(OCc2ccccc2)cn1. The first-order valence-electron chi connectivity index (χ1n) is 5.36. The predicted octanol–water partition coefficient (Wildman–Crippen LogP) is 1.84. The molecule has 2 aromatic rings. The van der Waals surface area contributed by atoms with Crippen LogP contribution in [0.4, 0.5) is 0 Å². The Labute approximate surface area is 104 Å². The number of methoxy groups -OCH3 is 1. The van der Waals surface area contributed by atoms with Crippen molar-refractivity contribution in [1.82, 2.24) is 9.97 Å². The van der Waals surface area contributed by atoms with Gasteiger partial charge in [0, 0.05) is 0 Å². The molecule has 0 radical (unpaired) electrons. The summed E-state index contributed by atoms with van der Waals surface area (Å²) in [5.74, 6) is -0.149. The van der Waals surface area contributed by atoms with Gasteiger partial charge in [0.15, 0.2) is 5.69 Å². The fourth-order valence-corrected chi connectivity index (χ4v) is 1.33. The monoisotopic (exact) mass is 244 g/mol.